The van der Waals surface area contributed by atoms with Crippen LogP contribution in [-0.4, -0.2) is 70.9 Å². The highest BCUT2D eigenvalue weighted by molar-refractivity contribution is 5.80. The zero-order chi connectivity index (χ0) is 26.4. The smallest absolute Gasteiger partial charge is 0.410 e. The van der Waals surface area contributed by atoms with Gasteiger partial charge in [0.2, 0.25) is 5.91 Å². The number of carbonyl (C=O) groups is 2. The van der Waals surface area contributed by atoms with E-state index in [2.05, 4.69) is 6.92 Å². The van der Waals surface area contributed by atoms with Crippen LogP contribution in [0.1, 0.15) is 71.3 Å². The minimum atomic E-state index is -0.832. The maximum atomic E-state index is 14.6. The highest BCUT2D eigenvalue weighted by Crippen LogP contribution is 2.62. The number of β-amino-alcohol motifs (C(OH)–C–C–N with tert-alkyl or cyclic N) is 1. The van der Waals surface area contributed by atoms with Gasteiger partial charge in [0.15, 0.2) is 0 Å². The number of likely N-dealkylation sites (tertiary alicyclic amines) is 2. The Labute approximate surface area is 219 Å². The Morgan fingerprint density at radius 3 is 2.43 bits per heavy atom. The van der Waals surface area contributed by atoms with Gasteiger partial charge >= 0.3 is 6.09 Å². The number of ether oxygens (including phenoxy) is 2. The van der Waals surface area contributed by atoms with Crippen LogP contribution in [0.5, 0.6) is 5.75 Å². The number of hydrogen-bond acceptors (Lipinski definition) is 5. The molecule has 0 bridgehead atoms. The number of amides is 2. The summed E-state index contributed by atoms with van der Waals surface area (Å²) in [7, 11) is 0. The largest absolute Gasteiger partial charge is 0.493 e. The Bertz CT molecular complexity index is 1030. The molecule has 1 aromatic rings. The van der Waals surface area contributed by atoms with Crippen LogP contribution in [0.25, 0.3) is 0 Å². The Kier molecular flexibility index (Phi) is 6.92. The summed E-state index contributed by atoms with van der Waals surface area (Å²) in [5.74, 6) is 1.16. The molecular formula is C29H41FN2O5. The molecule has 2 heterocycles. The van der Waals surface area contributed by atoms with Crippen molar-refractivity contribution >= 4 is 12.0 Å². The van der Waals surface area contributed by atoms with Gasteiger partial charge in [0, 0.05) is 19.2 Å². The first-order chi connectivity index (χ1) is 17.5. The fraction of sp³-hybridized carbons (Fsp3) is 0.724. The summed E-state index contributed by atoms with van der Waals surface area (Å²) < 4.78 is 26.2. The van der Waals surface area contributed by atoms with Crippen molar-refractivity contribution in [3.63, 3.8) is 0 Å². The first-order valence-electron chi connectivity index (χ1n) is 13.9. The van der Waals surface area contributed by atoms with Crippen molar-refractivity contribution in [1.82, 2.24) is 9.80 Å². The summed E-state index contributed by atoms with van der Waals surface area (Å²) in [4.78, 5) is 28.1. The highest BCUT2D eigenvalue weighted by Gasteiger charge is 2.55. The monoisotopic (exact) mass is 516 g/mol. The Hall–Kier alpha value is -2.35. The summed E-state index contributed by atoms with van der Waals surface area (Å²) in [6.07, 6.45) is 7.06. The third-order valence-electron chi connectivity index (χ3n) is 9.26. The molecule has 5 rings (SSSR count). The molecule has 37 heavy (non-hydrogen) atoms. The molecule has 204 valence electrons. The fourth-order valence-corrected chi connectivity index (χ4v) is 6.31. The van der Waals surface area contributed by atoms with Crippen molar-refractivity contribution in [2.24, 2.45) is 17.3 Å². The van der Waals surface area contributed by atoms with Gasteiger partial charge in [0.25, 0.3) is 0 Å². The van der Waals surface area contributed by atoms with Gasteiger partial charge in [-0.1, -0.05) is 19.4 Å². The third-order valence-corrected chi connectivity index (χ3v) is 9.26. The molecule has 7 nitrogen and oxygen atoms in total. The molecule has 2 saturated carbocycles. The summed E-state index contributed by atoms with van der Waals surface area (Å²) in [6, 6.07) is 4.73. The Morgan fingerprint density at radius 2 is 1.84 bits per heavy atom. The normalized spacial score (nSPS) is 27.9. The predicted molar refractivity (Wildman–Crippen MR) is 137 cm³/mol. The number of hydrogen-bond donors (Lipinski definition) is 1. The van der Waals surface area contributed by atoms with E-state index in [-0.39, 0.29) is 29.4 Å². The molecule has 8 heteroatoms. The van der Waals surface area contributed by atoms with E-state index in [1.54, 1.807) is 24.0 Å². The summed E-state index contributed by atoms with van der Waals surface area (Å²) in [6.45, 7) is 8.60. The van der Waals surface area contributed by atoms with Crippen molar-refractivity contribution in [3.05, 3.63) is 29.6 Å². The quantitative estimate of drug-likeness (QED) is 0.521. The Morgan fingerprint density at radius 1 is 1.14 bits per heavy atom. The van der Waals surface area contributed by atoms with Crippen LogP contribution in [0.2, 0.25) is 0 Å². The Balaban J connectivity index is 1.05. The number of aliphatic hydroxyl groups is 1. The molecule has 4 aliphatic rings. The van der Waals surface area contributed by atoms with Crippen molar-refractivity contribution in [2.75, 3.05) is 32.8 Å². The molecule has 2 aliphatic carbocycles. The summed E-state index contributed by atoms with van der Waals surface area (Å²) in [5, 5.41) is 9.80. The molecule has 0 aromatic heterocycles. The van der Waals surface area contributed by atoms with Crippen LogP contribution < -0.4 is 4.74 Å². The van der Waals surface area contributed by atoms with Crippen LogP contribution in [0.4, 0.5) is 9.18 Å². The van der Waals surface area contributed by atoms with Gasteiger partial charge in [-0.2, -0.15) is 0 Å². The second-order valence-electron chi connectivity index (χ2n) is 12.4. The van der Waals surface area contributed by atoms with Gasteiger partial charge in [-0.25, -0.2) is 9.18 Å². The van der Waals surface area contributed by atoms with Crippen LogP contribution >= 0.6 is 0 Å². The third kappa shape index (κ3) is 5.89. The maximum absolute atomic E-state index is 14.6. The lowest BCUT2D eigenvalue weighted by Gasteiger charge is -2.44. The topological polar surface area (TPSA) is 79.3 Å². The molecule has 2 amide bonds. The molecule has 0 spiro atoms. The first kappa shape index (κ1) is 26.3. The standard InChI is InChI=1S/C29H41FN2O5/c1-4-29(17-23(29)20-7-12-31(13-8-20)26(34)37-28(3)9-10-28)11-14-36-22-6-5-21(24(30)16-22)15-25(33)32-18-27(2,35)19-32/h5-6,16,20,23,35H,4,7-15,17-19H2,1-3H3. The number of nitrogens with zero attached hydrogens (tertiary/aromatic N) is 2. The van der Waals surface area contributed by atoms with Gasteiger partial charge < -0.3 is 24.4 Å². The van der Waals surface area contributed by atoms with E-state index in [1.807, 2.05) is 11.8 Å². The zero-order valence-corrected chi connectivity index (χ0v) is 22.4. The number of carbonyl (C=O) groups excluding carboxylic acids is 2. The molecular weight excluding hydrogens is 475 g/mol. The molecule has 2 aliphatic heterocycles. The van der Waals surface area contributed by atoms with E-state index < -0.39 is 11.4 Å². The first-order valence-corrected chi connectivity index (χ1v) is 13.9. The van der Waals surface area contributed by atoms with Crippen LogP contribution in [0, 0.1) is 23.1 Å². The number of rotatable bonds is 9. The number of piperidine rings is 1. The van der Waals surface area contributed by atoms with Gasteiger partial charge in [-0.15, -0.1) is 0 Å². The van der Waals surface area contributed by atoms with E-state index in [1.165, 1.54) is 12.5 Å². The zero-order valence-electron chi connectivity index (χ0n) is 22.4. The molecule has 2 atom stereocenters. The van der Waals surface area contributed by atoms with Crippen LogP contribution in [0.3, 0.4) is 0 Å². The average molecular weight is 517 g/mol. The predicted octanol–water partition coefficient (Wildman–Crippen LogP) is 4.55. The fourth-order valence-electron chi connectivity index (χ4n) is 6.31. The molecule has 1 N–H and O–H groups in total. The molecule has 2 unspecified atom stereocenters. The maximum Gasteiger partial charge on any atom is 0.410 e. The van der Waals surface area contributed by atoms with E-state index in [0.29, 0.717) is 42.8 Å². The lowest BCUT2D eigenvalue weighted by Crippen LogP contribution is -2.62. The minimum absolute atomic E-state index is 0.0152. The van der Waals surface area contributed by atoms with E-state index in [4.69, 9.17) is 9.47 Å². The summed E-state index contributed by atoms with van der Waals surface area (Å²) in [5.41, 5.74) is -0.433. The lowest BCUT2D eigenvalue weighted by molar-refractivity contribution is -0.151. The second-order valence-corrected chi connectivity index (χ2v) is 12.4. The van der Waals surface area contributed by atoms with E-state index >= 15 is 0 Å². The molecule has 1 aromatic carbocycles. The average Bonchev–Trinajstić information content (AvgIpc) is 3.76. The highest BCUT2D eigenvalue weighted by atomic mass is 19.1. The van der Waals surface area contributed by atoms with Crippen molar-refractivity contribution in [2.45, 2.75) is 83.3 Å². The number of halogens is 1. The number of benzene rings is 1. The van der Waals surface area contributed by atoms with Crippen LogP contribution in [-0.2, 0) is 16.0 Å². The van der Waals surface area contributed by atoms with E-state index in [0.717, 1.165) is 51.6 Å². The SMILES string of the molecule is CCC1(CCOc2ccc(CC(=O)N3CC(C)(O)C3)c(F)c2)CC1C1CCN(C(=O)OC2(C)CC2)CC1. The van der Waals surface area contributed by atoms with Crippen LogP contribution in [0.15, 0.2) is 18.2 Å². The van der Waals surface area contributed by atoms with Crippen molar-refractivity contribution < 1.29 is 28.6 Å². The van der Waals surface area contributed by atoms with Crippen molar-refractivity contribution in [3.8, 4) is 5.75 Å². The molecule has 4 fully saturated rings. The van der Waals surface area contributed by atoms with Gasteiger partial charge in [-0.05, 0) is 81.3 Å². The molecule has 0 radical (unpaired) electrons. The summed E-state index contributed by atoms with van der Waals surface area (Å²) >= 11 is 0. The van der Waals surface area contributed by atoms with E-state index in [9.17, 15) is 19.1 Å². The van der Waals surface area contributed by atoms with Gasteiger partial charge in [-0.3, -0.25) is 4.79 Å². The van der Waals surface area contributed by atoms with Gasteiger partial charge in [0.05, 0.1) is 31.7 Å². The van der Waals surface area contributed by atoms with Gasteiger partial charge in [0.1, 0.15) is 17.2 Å². The van der Waals surface area contributed by atoms with Crippen molar-refractivity contribution in [1.29, 1.82) is 0 Å². The molecule has 2 saturated heterocycles. The lowest BCUT2D eigenvalue weighted by atomic mass is 9.85. The minimum Gasteiger partial charge on any atom is -0.493 e. The second kappa shape index (κ2) is 9.75.